The Labute approximate surface area is 141 Å². The molecule has 2 heterocycles. The second-order valence-corrected chi connectivity index (χ2v) is 6.81. The number of nitrogens with one attached hydrogen (secondary N) is 1. The molecule has 1 aliphatic heterocycles. The van der Waals surface area contributed by atoms with Gasteiger partial charge in [-0.1, -0.05) is 6.07 Å². The predicted octanol–water partition coefficient (Wildman–Crippen LogP) is 3.54. The minimum absolute atomic E-state index is 0.0288. The van der Waals surface area contributed by atoms with Crippen molar-refractivity contribution in [1.82, 2.24) is 0 Å². The number of piperidine rings is 1. The fourth-order valence-electron chi connectivity index (χ4n) is 2.88. The lowest BCUT2D eigenvalue weighted by Crippen LogP contribution is -2.36. The van der Waals surface area contributed by atoms with Crippen LogP contribution in [0.2, 0.25) is 0 Å². The molecule has 0 spiro atoms. The van der Waals surface area contributed by atoms with Crippen molar-refractivity contribution in [3.8, 4) is 0 Å². The van der Waals surface area contributed by atoms with Gasteiger partial charge in [0.25, 0.3) is 0 Å². The highest BCUT2D eigenvalue weighted by atomic mass is 32.1. The average molecular weight is 330 g/mol. The summed E-state index contributed by atoms with van der Waals surface area (Å²) in [5.74, 6) is 0.0288. The summed E-state index contributed by atoms with van der Waals surface area (Å²) in [5, 5.41) is 4.95. The lowest BCUT2D eigenvalue weighted by atomic mass is 10.1. The number of amides is 1. The molecular formula is C18H22N2O2S. The predicted molar refractivity (Wildman–Crippen MR) is 95.3 cm³/mol. The third-order valence-corrected chi connectivity index (χ3v) is 5.08. The molecule has 3 rings (SSSR count). The zero-order valence-electron chi connectivity index (χ0n) is 13.3. The number of rotatable bonds is 5. The van der Waals surface area contributed by atoms with Crippen LogP contribution >= 0.6 is 11.3 Å². The van der Waals surface area contributed by atoms with E-state index in [1.54, 1.807) is 18.4 Å². The lowest BCUT2D eigenvalue weighted by Gasteiger charge is -2.33. The summed E-state index contributed by atoms with van der Waals surface area (Å²) in [5.41, 5.74) is 2.05. The Morgan fingerprint density at radius 1 is 1.26 bits per heavy atom. The highest BCUT2D eigenvalue weighted by molar-refractivity contribution is 7.10. The van der Waals surface area contributed by atoms with Gasteiger partial charge in [-0.25, -0.2) is 0 Å². The average Bonchev–Trinajstić information content (AvgIpc) is 3.08. The van der Waals surface area contributed by atoms with E-state index in [0.717, 1.165) is 36.5 Å². The van der Waals surface area contributed by atoms with Crippen molar-refractivity contribution >= 4 is 28.6 Å². The van der Waals surface area contributed by atoms with E-state index in [2.05, 4.69) is 22.3 Å². The first-order valence-corrected chi connectivity index (χ1v) is 8.82. The van der Waals surface area contributed by atoms with Gasteiger partial charge in [0, 0.05) is 36.5 Å². The van der Waals surface area contributed by atoms with Crippen molar-refractivity contribution in [3.63, 3.8) is 0 Å². The largest absolute Gasteiger partial charge is 0.381 e. The fraction of sp³-hybridized carbons (Fsp3) is 0.389. The monoisotopic (exact) mass is 330 g/mol. The van der Waals surface area contributed by atoms with Crippen molar-refractivity contribution in [1.29, 1.82) is 0 Å². The van der Waals surface area contributed by atoms with E-state index >= 15 is 0 Å². The Bertz CT molecular complexity index is 617. The number of nitrogens with zero attached hydrogens (tertiary/aromatic N) is 1. The number of methoxy groups -OCH3 is 1. The van der Waals surface area contributed by atoms with Crippen LogP contribution in [0.15, 0.2) is 41.8 Å². The van der Waals surface area contributed by atoms with Gasteiger partial charge in [-0.15, -0.1) is 11.3 Å². The number of anilines is 2. The molecule has 122 valence electrons. The lowest BCUT2D eigenvalue weighted by molar-refractivity contribution is -0.115. The van der Waals surface area contributed by atoms with Crippen LogP contribution < -0.4 is 10.2 Å². The molecule has 1 aromatic heterocycles. The molecule has 1 fully saturated rings. The number of hydrogen-bond acceptors (Lipinski definition) is 4. The van der Waals surface area contributed by atoms with Gasteiger partial charge >= 0.3 is 0 Å². The van der Waals surface area contributed by atoms with Gasteiger partial charge < -0.3 is 15.0 Å². The Balaban J connectivity index is 1.54. The quantitative estimate of drug-likeness (QED) is 0.911. The van der Waals surface area contributed by atoms with Gasteiger partial charge in [-0.3, -0.25) is 4.79 Å². The summed E-state index contributed by atoms with van der Waals surface area (Å²) in [4.78, 5) is 15.5. The van der Waals surface area contributed by atoms with Crippen LogP contribution in [-0.2, 0) is 16.0 Å². The van der Waals surface area contributed by atoms with Crippen molar-refractivity contribution < 1.29 is 9.53 Å². The molecule has 0 bridgehead atoms. The molecule has 1 saturated heterocycles. The highest BCUT2D eigenvalue weighted by Gasteiger charge is 2.18. The summed E-state index contributed by atoms with van der Waals surface area (Å²) in [6.07, 6.45) is 2.96. The van der Waals surface area contributed by atoms with Gasteiger partial charge in [-0.05, 0) is 48.6 Å². The molecule has 0 unspecified atom stereocenters. The first kappa shape index (κ1) is 16.0. The molecule has 23 heavy (non-hydrogen) atoms. The van der Waals surface area contributed by atoms with E-state index in [-0.39, 0.29) is 5.91 Å². The number of carbonyl (C=O) groups excluding carboxylic acids is 1. The Kier molecular flexibility index (Phi) is 5.31. The van der Waals surface area contributed by atoms with E-state index in [9.17, 15) is 4.79 Å². The molecule has 0 radical (unpaired) electrons. The third kappa shape index (κ3) is 4.33. The summed E-state index contributed by atoms with van der Waals surface area (Å²) in [6, 6.07) is 12.1. The van der Waals surface area contributed by atoms with Crippen molar-refractivity contribution in [2.45, 2.75) is 25.4 Å². The van der Waals surface area contributed by atoms with E-state index in [1.165, 1.54) is 5.69 Å². The van der Waals surface area contributed by atoms with Crippen LogP contribution in [-0.4, -0.2) is 32.2 Å². The molecule has 0 atom stereocenters. The number of thiophene rings is 1. The minimum atomic E-state index is 0.0288. The summed E-state index contributed by atoms with van der Waals surface area (Å²) in [6.45, 7) is 2.03. The maximum atomic E-state index is 12.0. The second-order valence-electron chi connectivity index (χ2n) is 5.77. The Morgan fingerprint density at radius 3 is 2.61 bits per heavy atom. The van der Waals surface area contributed by atoms with Crippen molar-refractivity contribution in [3.05, 3.63) is 46.7 Å². The topological polar surface area (TPSA) is 41.6 Å². The normalized spacial score (nSPS) is 15.6. The van der Waals surface area contributed by atoms with Gasteiger partial charge in [-0.2, -0.15) is 0 Å². The second kappa shape index (κ2) is 7.62. The van der Waals surface area contributed by atoms with Gasteiger partial charge in [0.05, 0.1) is 12.5 Å². The first-order chi connectivity index (χ1) is 11.2. The molecule has 0 saturated carbocycles. The van der Waals surface area contributed by atoms with E-state index in [0.29, 0.717) is 12.5 Å². The minimum Gasteiger partial charge on any atom is -0.381 e. The fourth-order valence-corrected chi connectivity index (χ4v) is 3.59. The third-order valence-electron chi connectivity index (χ3n) is 4.21. The van der Waals surface area contributed by atoms with Crippen molar-refractivity contribution in [2.75, 3.05) is 30.4 Å². The summed E-state index contributed by atoms with van der Waals surface area (Å²) < 4.78 is 5.41. The molecule has 5 heteroatoms. The van der Waals surface area contributed by atoms with Crippen molar-refractivity contribution in [2.24, 2.45) is 0 Å². The summed E-state index contributed by atoms with van der Waals surface area (Å²) >= 11 is 1.61. The smallest absolute Gasteiger partial charge is 0.229 e. The van der Waals surface area contributed by atoms with Crippen LogP contribution in [0, 0.1) is 0 Å². The maximum Gasteiger partial charge on any atom is 0.229 e. The molecule has 1 aromatic carbocycles. The SMILES string of the molecule is COC1CCN(c2ccc(NC(=O)Cc3cccs3)cc2)CC1. The molecule has 1 N–H and O–H groups in total. The highest BCUT2D eigenvalue weighted by Crippen LogP contribution is 2.23. The van der Waals surface area contributed by atoms with Crippen LogP contribution in [0.5, 0.6) is 0 Å². The van der Waals surface area contributed by atoms with Crippen LogP contribution in [0.4, 0.5) is 11.4 Å². The van der Waals surface area contributed by atoms with Crippen LogP contribution in [0.3, 0.4) is 0 Å². The van der Waals surface area contributed by atoms with E-state index in [4.69, 9.17) is 4.74 Å². The maximum absolute atomic E-state index is 12.0. The van der Waals surface area contributed by atoms with Crippen LogP contribution in [0.25, 0.3) is 0 Å². The number of carbonyl (C=O) groups is 1. The zero-order valence-corrected chi connectivity index (χ0v) is 14.1. The number of benzene rings is 1. The number of ether oxygens (including phenoxy) is 1. The van der Waals surface area contributed by atoms with E-state index < -0.39 is 0 Å². The van der Waals surface area contributed by atoms with Gasteiger partial charge in [0.15, 0.2) is 0 Å². The number of hydrogen-bond donors (Lipinski definition) is 1. The molecule has 4 nitrogen and oxygen atoms in total. The molecular weight excluding hydrogens is 308 g/mol. The molecule has 2 aromatic rings. The standard InChI is InChI=1S/C18H22N2O2S/c1-22-16-8-10-20(11-9-16)15-6-4-14(5-7-15)19-18(21)13-17-3-2-12-23-17/h2-7,12,16H,8-11,13H2,1H3,(H,19,21). The first-order valence-electron chi connectivity index (χ1n) is 7.94. The van der Waals surface area contributed by atoms with Crippen LogP contribution in [0.1, 0.15) is 17.7 Å². The molecule has 0 aliphatic carbocycles. The molecule has 1 amide bonds. The zero-order chi connectivity index (χ0) is 16.1. The van der Waals surface area contributed by atoms with Gasteiger partial charge in [0.1, 0.15) is 0 Å². The van der Waals surface area contributed by atoms with Gasteiger partial charge in [0.2, 0.25) is 5.91 Å². The molecule has 1 aliphatic rings. The summed E-state index contributed by atoms with van der Waals surface area (Å²) in [7, 11) is 1.79. The van der Waals surface area contributed by atoms with E-state index in [1.807, 2.05) is 29.6 Å². The Morgan fingerprint density at radius 2 is 2.00 bits per heavy atom. The Hall–Kier alpha value is -1.85.